The van der Waals surface area contributed by atoms with Crippen molar-refractivity contribution in [3.8, 4) is 0 Å². The van der Waals surface area contributed by atoms with E-state index in [9.17, 15) is 0 Å². The Labute approximate surface area is 102 Å². The van der Waals surface area contributed by atoms with Crippen LogP contribution in [0.15, 0.2) is 12.3 Å². The van der Waals surface area contributed by atoms with E-state index in [2.05, 4.69) is 9.97 Å². The van der Waals surface area contributed by atoms with Gasteiger partial charge in [0.15, 0.2) is 0 Å². The number of hydrogen-bond acceptors (Lipinski definition) is 2. The average Bonchev–Trinajstić information content (AvgIpc) is 2.29. The Morgan fingerprint density at radius 3 is 2.50 bits per heavy atom. The Hall–Kier alpha value is -0.630. The molecule has 0 N–H and O–H groups in total. The monoisotopic (exact) mass is 238 g/mol. The van der Waals surface area contributed by atoms with Crippen molar-refractivity contribution in [1.82, 2.24) is 9.97 Å². The van der Waals surface area contributed by atoms with Gasteiger partial charge in [0, 0.05) is 12.1 Å². The first-order valence-corrected chi connectivity index (χ1v) is 6.81. The molecule has 2 nitrogen and oxygen atoms in total. The average molecular weight is 239 g/mol. The van der Waals surface area contributed by atoms with E-state index in [1.165, 1.54) is 44.9 Å². The minimum absolute atomic E-state index is 0.488. The van der Waals surface area contributed by atoms with Gasteiger partial charge in [-0.3, -0.25) is 0 Å². The van der Waals surface area contributed by atoms with E-state index < -0.39 is 0 Å². The van der Waals surface area contributed by atoms with Crippen LogP contribution in [0, 0.1) is 0 Å². The standard InChI is InChI=1S/C13H19ClN2/c14-10-12-8-9-15-13(16-12)11-6-4-2-1-3-5-7-11/h8-9,11H,1-7,10H2. The van der Waals surface area contributed by atoms with E-state index in [4.69, 9.17) is 11.6 Å². The molecule has 0 atom stereocenters. The summed E-state index contributed by atoms with van der Waals surface area (Å²) in [6.07, 6.45) is 11.1. The van der Waals surface area contributed by atoms with Gasteiger partial charge in [0.25, 0.3) is 0 Å². The van der Waals surface area contributed by atoms with Crippen molar-refractivity contribution in [2.75, 3.05) is 0 Å². The third-order valence-electron chi connectivity index (χ3n) is 3.34. The fraction of sp³-hybridized carbons (Fsp3) is 0.692. The van der Waals surface area contributed by atoms with Crippen LogP contribution in [0.25, 0.3) is 0 Å². The Morgan fingerprint density at radius 1 is 1.12 bits per heavy atom. The molecule has 0 unspecified atom stereocenters. The molecule has 1 heterocycles. The fourth-order valence-electron chi connectivity index (χ4n) is 2.40. The van der Waals surface area contributed by atoms with Gasteiger partial charge in [0.1, 0.15) is 5.82 Å². The molecule has 1 saturated carbocycles. The van der Waals surface area contributed by atoms with Crippen molar-refractivity contribution in [3.63, 3.8) is 0 Å². The Kier molecular flexibility index (Phi) is 4.58. The van der Waals surface area contributed by atoms with Gasteiger partial charge in [-0.15, -0.1) is 11.6 Å². The highest BCUT2D eigenvalue weighted by Gasteiger charge is 2.16. The van der Waals surface area contributed by atoms with Crippen LogP contribution >= 0.6 is 11.6 Å². The first kappa shape index (κ1) is 11.8. The summed E-state index contributed by atoms with van der Waals surface area (Å²) in [5, 5.41) is 0. The predicted octanol–water partition coefficient (Wildman–Crippen LogP) is 4.04. The van der Waals surface area contributed by atoms with Crippen LogP contribution in [-0.4, -0.2) is 9.97 Å². The highest BCUT2D eigenvalue weighted by atomic mass is 35.5. The minimum Gasteiger partial charge on any atom is -0.241 e. The van der Waals surface area contributed by atoms with Crippen molar-refractivity contribution in [1.29, 1.82) is 0 Å². The summed E-state index contributed by atoms with van der Waals surface area (Å²) < 4.78 is 0. The number of rotatable bonds is 2. The molecule has 0 bridgehead atoms. The van der Waals surface area contributed by atoms with Crippen LogP contribution in [-0.2, 0) is 5.88 Å². The third-order valence-corrected chi connectivity index (χ3v) is 3.61. The highest BCUT2D eigenvalue weighted by Crippen LogP contribution is 2.28. The molecule has 1 aromatic heterocycles. The van der Waals surface area contributed by atoms with E-state index in [-0.39, 0.29) is 0 Å². The summed E-state index contributed by atoms with van der Waals surface area (Å²) >= 11 is 5.81. The first-order chi connectivity index (χ1) is 7.90. The fourth-order valence-corrected chi connectivity index (χ4v) is 2.55. The summed E-state index contributed by atoms with van der Waals surface area (Å²) in [5.41, 5.74) is 0.953. The van der Waals surface area contributed by atoms with Crippen LogP contribution in [0.5, 0.6) is 0 Å². The van der Waals surface area contributed by atoms with E-state index >= 15 is 0 Å². The molecule has 1 aromatic rings. The summed E-state index contributed by atoms with van der Waals surface area (Å²) in [5.74, 6) is 2.06. The van der Waals surface area contributed by atoms with E-state index in [1.54, 1.807) is 0 Å². The van der Waals surface area contributed by atoms with Crippen LogP contribution in [0.2, 0.25) is 0 Å². The quantitative estimate of drug-likeness (QED) is 0.727. The lowest BCUT2D eigenvalue weighted by atomic mass is 9.90. The van der Waals surface area contributed by atoms with Gasteiger partial charge in [-0.2, -0.15) is 0 Å². The maximum atomic E-state index is 5.81. The van der Waals surface area contributed by atoms with Gasteiger partial charge < -0.3 is 0 Å². The molecule has 1 aliphatic rings. The van der Waals surface area contributed by atoms with Crippen LogP contribution in [0.4, 0.5) is 0 Å². The third kappa shape index (κ3) is 3.18. The predicted molar refractivity (Wildman–Crippen MR) is 66.6 cm³/mol. The molecular weight excluding hydrogens is 220 g/mol. The van der Waals surface area contributed by atoms with Gasteiger partial charge in [-0.25, -0.2) is 9.97 Å². The molecule has 2 rings (SSSR count). The molecular formula is C13H19ClN2. The van der Waals surface area contributed by atoms with Crippen LogP contribution in [0.3, 0.4) is 0 Å². The number of hydrogen-bond donors (Lipinski definition) is 0. The van der Waals surface area contributed by atoms with Gasteiger partial charge >= 0.3 is 0 Å². The molecule has 0 radical (unpaired) electrons. The SMILES string of the molecule is ClCc1ccnc(C2CCCCCCC2)n1. The molecule has 0 saturated heterocycles. The maximum absolute atomic E-state index is 5.81. The smallest absolute Gasteiger partial charge is 0.131 e. The molecule has 0 aliphatic heterocycles. The normalized spacial score (nSPS) is 19.1. The zero-order valence-electron chi connectivity index (χ0n) is 9.66. The van der Waals surface area contributed by atoms with Crippen LogP contribution in [0.1, 0.15) is 62.4 Å². The second-order valence-electron chi connectivity index (χ2n) is 4.58. The maximum Gasteiger partial charge on any atom is 0.131 e. The summed E-state index contributed by atoms with van der Waals surface area (Å²) in [4.78, 5) is 8.96. The lowest BCUT2D eigenvalue weighted by molar-refractivity contribution is 0.441. The Bertz CT molecular complexity index is 319. The summed E-state index contributed by atoms with van der Waals surface area (Å²) in [6.45, 7) is 0. The summed E-state index contributed by atoms with van der Waals surface area (Å²) in [6, 6.07) is 1.90. The lowest BCUT2D eigenvalue weighted by Crippen LogP contribution is -2.07. The second-order valence-corrected chi connectivity index (χ2v) is 4.85. The zero-order valence-corrected chi connectivity index (χ0v) is 10.4. The van der Waals surface area contributed by atoms with Crippen molar-refractivity contribution in [3.05, 3.63) is 23.8 Å². The Morgan fingerprint density at radius 2 is 1.81 bits per heavy atom. The van der Waals surface area contributed by atoms with Crippen molar-refractivity contribution < 1.29 is 0 Å². The molecule has 0 aromatic carbocycles. The number of halogens is 1. The van der Waals surface area contributed by atoms with E-state index in [1.807, 2.05) is 12.3 Å². The minimum atomic E-state index is 0.488. The number of nitrogens with zero attached hydrogens (tertiary/aromatic N) is 2. The van der Waals surface area contributed by atoms with Gasteiger partial charge in [-0.1, -0.05) is 32.1 Å². The second kappa shape index (κ2) is 6.19. The zero-order chi connectivity index (χ0) is 11.2. The van der Waals surface area contributed by atoms with Crippen molar-refractivity contribution in [2.24, 2.45) is 0 Å². The van der Waals surface area contributed by atoms with Crippen molar-refractivity contribution in [2.45, 2.75) is 56.7 Å². The largest absolute Gasteiger partial charge is 0.241 e. The van der Waals surface area contributed by atoms with Gasteiger partial charge in [0.05, 0.1) is 11.6 Å². The van der Waals surface area contributed by atoms with Crippen LogP contribution < -0.4 is 0 Å². The highest BCUT2D eigenvalue weighted by molar-refractivity contribution is 6.16. The molecule has 16 heavy (non-hydrogen) atoms. The van der Waals surface area contributed by atoms with E-state index in [0.717, 1.165) is 11.5 Å². The molecule has 0 amide bonds. The first-order valence-electron chi connectivity index (χ1n) is 6.28. The van der Waals surface area contributed by atoms with E-state index in [0.29, 0.717) is 11.8 Å². The molecule has 1 fully saturated rings. The number of alkyl halides is 1. The molecule has 3 heteroatoms. The molecule has 0 spiro atoms. The topological polar surface area (TPSA) is 25.8 Å². The number of aromatic nitrogens is 2. The van der Waals surface area contributed by atoms with Gasteiger partial charge in [0.2, 0.25) is 0 Å². The Balaban J connectivity index is 2.07. The van der Waals surface area contributed by atoms with Crippen molar-refractivity contribution >= 4 is 11.6 Å². The summed E-state index contributed by atoms with van der Waals surface area (Å²) in [7, 11) is 0. The molecule has 88 valence electrons. The van der Waals surface area contributed by atoms with Gasteiger partial charge in [-0.05, 0) is 18.9 Å². The molecule has 1 aliphatic carbocycles. The lowest BCUT2D eigenvalue weighted by Gasteiger charge is -2.18.